The first-order valence-electron chi connectivity index (χ1n) is 16.7. The Morgan fingerprint density at radius 2 is 1.24 bits per heavy atom. The number of aliphatic carboxylic acids is 1. The van der Waals surface area contributed by atoms with Crippen molar-refractivity contribution in [3.05, 3.63) is 12.2 Å². The van der Waals surface area contributed by atoms with Crippen LogP contribution in [0.5, 0.6) is 0 Å². The number of ether oxygens (including phenoxy) is 3. The summed E-state index contributed by atoms with van der Waals surface area (Å²) >= 11 is 0. The van der Waals surface area contributed by atoms with Crippen LogP contribution < -0.4 is 5.11 Å². The van der Waals surface area contributed by atoms with Crippen LogP contribution in [0.25, 0.3) is 0 Å². The van der Waals surface area contributed by atoms with Gasteiger partial charge in [-0.05, 0) is 25.7 Å². The molecule has 0 aliphatic heterocycles. The lowest BCUT2D eigenvalue weighted by Gasteiger charge is -2.34. The summed E-state index contributed by atoms with van der Waals surface area (Å²) in [5.74, 6) is -1.81. The van der Waals surface area contributed by atoms with Crippen LogP contribution in [0, 0.1) is 0 Å². The highest BCUT2D eigenvalue weighted by molar-refractivity contribution is 5.70. The minimum Gasteiger partial charge on any atom is -0.544 e. The molecule has 246 valence electrons. The van der Waals surface area contributed by atoms with Gasteiger partial charge in [0.05, 0.1) is 40.3 Å². The predicted molar refractivity (Wildman–Crippen MR) is 167 cm³/mol. The third-order valence-electron chi connectivity index (χ3n) is 7.42. The van der Waals surface area contributed by atoms with E-state index in [1.165, 1.54) is 64.2 Å². The topological polar surface area (TPSA) is 102 Å². The molecule has 42 heavy (non-hydrogen) atoms. The number of esters is 2. The molecule has 8 nitrogen and oxygen atoms in total. The third kappa shape index (κ3) is 24.6. The van der Waals surface area contributed by atoms with Crippen molar-refractivity contribution in [1.29, 1.82) is 0 Å². The van der Waals surface area contributed by atoms with Crippen molar-refractivity contribution in [2.45, 2.75) is 148 Å². The lowest BCUT2D eigenvalue weighted by atomic mass is 10.1. The van der Waals surface area contributed by atoms with E-state index in [-0.39, 0.29) is 49.1 Å². The summed E-state index contributed by atoms with van der Waals surface area (Å²) in [4.78, 5) is 36.3. The fraction of sp³-hybridized carbons (Fsp3) is 0.853. The maximum atomic E-state index is 12.4. The number of likely N-dealkylation sites (N-methyl/N-ethyl adjacent to an activating group) is 1. The van der Waals surface area contributed by atoms with Crippen molar-refractivity contribution in [3.8, 4) is 0 Å². The first-order chi connectivity index (χ1) is 20.1. The molecule has 0 aromatic rings. The Morgan fingerprint density at radius 1 is 0.690 bits per heavy atom. The number of carboxylic acids is 1. The van der Waals surface area contributed by atoms with Crippen LogP contribution >= 0.6 is 0 Å². The van der Waals surface area contributed by atoms with Gasteiger partial charge in [0, 0.05) is 19.3 Å². The molecular formula is C34H63NO7. The second kappa shape index (κ2) is 26.7. The van der Waals surface area contributed by atoms with E-state index in [0.29, 0.717) is 12.8 Å². The summed E-state index contributed by atoms with van der Waals surface area (Å²) in [5.41, 5.74) is 0. The van der Waals surface area contributed by atoms with E-state index < -0.39 is 18.1 Å². The quantitative estimate of drug-likeness (QED) is 0.0432. The first kappa shape index (κ1) is 40.1. The smallest absolute Gasteiger partial charge is 0.306 e. The number of allylic oxidation sites excluding steroid dienone is 2. The average Bonchev–Trinajstić information content (AvgIpc) is 2.92. The van der Waals surface area contributed by atoms with Crippen LogP contribution in [0.1, 0.15) is 136 Å². The van der Waals surface area contributed by atoms with Crippen molar-refractivity contribution in [2.75, 3.05) is 41.0 Å². The van der Waals surface area contributed by atoms with Crippen LogP contribution in [0.3, 0.4) is 0 Å². The molecule has 0 aromatic heterocycles. The van der Waals surface area contributed by atoms with Gasteiger partial charge >= 0.3 is 11.9 Å². The molecule has 0 aromatic carbocycles. The number of nitrogens with zero attached hydrogens (tertiary/aromatic N) is 1. The lowest BCUT2D eigenvalue weighted by Crippen LogP contribution is -2.55. The highest BCUT2D eigenvalue weighted by Gasteiger charge is 2.25. The number of carbonyl (C=O) groups excluding carboxylic acids is 3. The maximum Gasteiger partial charge on any atom is 0.306 e. The van der Waals surface area contributed by atoms with Crippen molar-refractivity contribution in [3.63, 3.8) is 0 Å². The first-order valence-corrected chi connectivity index (χ1v) is 16.7. The van der Waals surface area contributed by atoms with Gasteiger partial charge in [-0.2, -0.15) is 0 Å². The Morgan fingerprint density at radius 3 is 1.81 bits per heavy atom. The van der Waals surface area contributed by atoms with Gasteiger partial charge in [-0.3, -0.25) is 9.59 Å². The van der Waals surface area contributed by atoms with E-state index in [9.17, 15) is 19.5 Å². The van der Waals surface area contributed by atoms with Gasteiger partial charge in [0.15, 0.2) is 6.10 Å². The van der Waals surface area contributed by atoms with Crippen LogP contribution in [0.2, 0.25) is 0 Å². The Kier molecular flexibility index (Phi) is 25.5. The second-order valence-corrected chi connectivity index (χ2v) is 12.4. The van der Waals surface area contributed by atoms with Crippen molar-refractivity contribution < 1.29 is 38.2 Å². The SMILES string of the molecule is CCCCC/C=C/CCC(=O)OC(COCCC(C(=O)[O-])[N+](C)(C)C)COC(=O)CCCCCCCCCCCCC. The molecule has 0 fully saturated rings. The van der Waals surface area contributed by atoms with Gasteiger partial charge in [0.25, 0.3) is 0 Å². The molecule has 0 rings (SSSR count). The predicted octanol–water partition coefficient (Wildman–Crippen LogP) is 6.29. The minimum absolute atomic E-state index is 0.0290. The summed E-state index contributed by atoms with van der Waals surface area (Å²) in [7, 11) is 5.37. The van der Waals surface area contributed by atoms with Gasteiger partial charge in [-0.1, -0.05) is 103 Å². The van der Waals surface area contributed by atoms with E-state index in [1.54, 1.807) is 21.1 Å². The molecule has 0 heterocycles. The number of carbonyl (C=O) groups is 3. The standard InChI is InChI=1S/C34H63NO7/c1-6-8-10-12-14-15-16-17-19-20-22-24-32(36)41-29-30(28-40-27-26-31(34(38)39)35(3,4)5)42-33(37)25-23-21-18-13-11-9-7-2/h18,21,30-31H,6-17,19-20,22-29H2,1-5H3/b21-18+. The van der Waals surface area contributed by atoms with E-state index in [1.807, 2.05) is 6.08 Å². The molecule has 0 aliphatic rings. The summed E-state index contributed by atoms with van der Waals surface area (Å²) in [6.07, 6.45) is 22.6. The summed E-state index contributed by atoms with van der Waals surface area (Å²) in [5, 5.41) is 11.5. The van der Waals surface area contributed by atoms with Crippen LogP contribution in [0.15, 0.2) is 12.2 Å². The second-order valence-electron chi connectivity index (χ2n) is 12.4. The normalized spacial score (nSPS) is 13.3. The molecule has 0 amide bonds. The molecule has 8 heteroatoms. The fourth-order valence-corrected chi connectivity index (χ4v) is 4.73. The molecule has 0 N–H and O–H groups in total. The molecular weight excluding hydrogens is 534 g/mol. The zero-order chi connectivity index (χ0) is 31.5. The Balaban J connectivity index is 4.48. The van der Waals surface area contributed by atoms with E-state index in [4.69, 9.17) is 14.2 Å². The van der Waals surface area contributed by atoms with Crippen LogP contribution in [-0.2, 0) is 28.6 Å². The van der Waals surface area contributed by atoms with Crippen molar-refractivity contribution in [2.24, 2.45) is 0 Å². The molecule has 0 saturated carbocycles. The monoisotopic (exact) mass is 597 g/mol. The fourth-order valence-electron chi connectivity index (χ4n) is 4.73. The average molecular weight is 598 g/mol. The Bertz CT molecular complexity index is 717. The molecule has 0 spiro atoms. The Hall–Kier alpha value is -1.93. The number of rotatable bonds is 29. The molecule has 2 atom stereocenters. The summed E-state index contributed by atoms with van der Waals surface area (Å²) in [6, 6.07) is -0.723. The molecule has 0 bridgehead atoms. The van der Waals surface area contributed by atoms with E-state index >= 15 is 0 Å². The van der Waals surface area contributed by atoms with Crippen LogP contribution in [0.4, 0.5) is 0 Å². The van der Waals surface area contributed by atoms with Crippen LogP contribution in [-0.4, -0.2) is 75.5 Å². The Labute approximate surface area is 257 Å². The van der Waals surface area contributed by atoms with Crippen molar-refractivity contribution >= 4 is 17.9 Å². The molecule has 0 aliphatic carbocycles. The van der Waals surface area contributed by atoms with Gasteiger partial charge in [0.1, 0.15) is 12.6 Å². The van der Waals surface area contributed by atoms with E-state index in [2.05, 4.69) is 19.9 Å². The summed E-state index contributed by atoms with van der Waals surface area (Å²) in [6.45, 7) is 4.52. The zero-order valence-electron chi connectivity index (χ0n) is 27.7. The number of quaternary nitrogens is 1. The van der Waals surface area contributed by atoms with Gasteiger partial charge in [-0.15, -0.1) is 0 Å². The number of carboxylic acid groups (broad SMARTS) is 1. The zero-order valence-corrected chi connectivity index (χ0v) is 27.7. The summed E-state index contributed by atoms with van der Waals surface area (Å²) < 4.78 is 16.9. The number of hydrogen-bond acceptors (Lipinski definition) is 7. The number of unbranched alkanes of at least 4 members (excludes halogenated alkanes) is 13. The van der Waals surface area contributed by atoms with E-state index in [0.717, 1.165) is 32.1 Å². The largest absolute Gasteiger partial charge is 0.544 e. The van der Waals surface area contributed by atoms with Gasteiger partial charge in [0.2, 0.25) is 0 Å². The lowest BCUT2D eigenvalue weighted by molar-refractivity contribution is -0.889. The van der Waals surface area contributed by atoms with Gasteiger partial charge in [-0.25, -0.2) is 0 Å². The van der Waals surface area contributed by atoms with Gasteiger partial charge < -0.3 is 28.6 Å². The molecule has 0 radical (unpaired) electrons. The minimum atomic E-state index is -1.13. The molecule has 2 unspecified atom stereocenters. The number of hydrogen-bond donors (Lipinski definition) is 0. The maximum absolute atomic E-state index is 12.4. The third-order valence-corrected chi connectivity index (χ3v) is 7.42. The highest BCUT2D eigenvalue weighted by Crippen LogP contribution is 2.13. The van der Waals surface area contributed by atoms with Crippen molar-refractivity contribution in [1.82, 2.24) is 0 Å². The molecule has 0 saturated heterocycles. The highest BCUT2D eigenvalue weighted by atomic mass is 16.6.